The van der Waals surface area contributed by atoms with E-state index in [1.54, 1.807) is 0 Å². The van der Waals surface area contributed by atoms with Crippen LogP contribution in [0.15, 0.2) is 30.3 Å². The van der Waals surface area contributed by atoms with Crippen LogP contribution >= 0.6 is 0 Å². The molecule has 1 aliphatic carbocycles. The van der Waals surface area contributed by atoms with Crippen LogP contribution in [0.2, 0.25) is 0 Å². The second-order valence-corrected chi connectivity index (χ2v) is 5.43. The minimum Gasteiger partial charge on any atom is -0.466 e. The highest BCUT2D eigenvalue weighted by Crippen LogP contribution is 2.58. The van der Waals surface area contributed by atoms with Gasteiger partial charge in [-0.15, -0.1) is 0 Å². The van der Waals surface area contributed by atoms with Crippen molar-refractivity contribution in [3.63, 3.8) is 0 Å². The maximum Gasteiger partial charge on any atom is 0.313 e. The van der Waals surface area contributed by atoms with Crippen LogP contribution in [0.25, 0.3) is 0 Å². The Kier molecular flexibility index (Phi) is 2.86. The van der Waals surface area contributed by atoms with Crippen molar-refractivity contribution in [3.8, 4) is 0 Å². The number of rotatable bonds is 4. The lowest BCUT2D eigenvalue weighted by molar-refractivity contribution is -0.149. The van der Waals surface area contributed by atoms with Crippen LogP contribution in [0.1, 0.15) is 18.9 Å². The molecule has 2 aliphatic rings. The van der Waals surface area contributed by atoms with E-state index in [0.717, 1.165) is 26.1 Å². The number of hydrogen-bond acceptors (Lipinski definition) is 3. The monoisotopic (exact) mass is 245 g/mol. The molecule has 0 bridgehead atoms. The third-order valence-corrected chi connectivity index (χ3v) is 4.15. The molecular weight excluding hydrogens is 226 g/mol. The number of carbonyl (C=O) groups is 1. The second kappa shape index (κ2) is 4.39. The Morgan fingerprint density at radius 1 is 1.44 bits per heavy atom. The van der Waals surface area contributed by atoms with Crippen molar-refractivity contribution >= 4 is 5.97 Å². The van der Waals surface area contributed by atoms with Gasteiger partial charge in [-0.25, -0.2) is 0 Å². The van der Waals surface area contributed by atoms with Gasteiger partial charge < -0.3 is 4.74 Å². The van der Waals surface area contributed by atoms with Gasteiger partial charge in [-0.05, 0) is 24.8 Å². The van der Waals surface area contributed by atoms with Gasteiger partial charge in [-0.2, -0.15) is 0 Å². The summed E-state index contributed by atoms with van der Waals surface area (Å²) in [6.45, 7) is 5.21. The Balaban J connectivity index is 1.62. The highest BCUT2D eigenvalue weighted by atomic mass is 16.5. The molecule has 2 unspecified atom stereocenters. The number of hydrogen-bond donors (Lipinski definition) is 0. The van der Waals surface area contributed by atoms with Gasteiger partial charge in [0.15, 0.2) is 0 Å². The summed E-state index contributed by atoms with van der Waals surface area (Å²) in [4.78, 5) is 14.3. The fraction of sp³-hybridized carbons (Fsp3) is 0.533. The zero-order valence-corrected chi connectivity index (χ0v) is 10.8. The lowest BCUT2D eigenvalue weighted by Crippen LogP contribution is -2.29. The summed E-state index contributed by atoms with van der Waals surface area (Å²) in [5.74, 6) is 0.547. The van der Waals surface area contributed by atoms with E-state index in [9.17, 15) is 4.79 Å². The van der Waals surface area contributed by atoms with Gasteiger partial charge >= 0.3 is 5.97 Å². The SMILES string of the molecule is CCOC(=O)C12CC1CN(Cc1ccccc1)C2. The molecule has 0 spiro atoms. The summed E-state index contributed by atoms with van der Waals surface area (Å²) in [6.07, 6.45) is 1.02. The van der Waals surface area contributed by atoms with E-state index in [2.05, 4.69) is 29.2 Å². The van der Waals surface area contributed by atoms with E-state index in [0.29, 0.717) is 12.5 Å². The molecule has 0 N–H and O–H groups in total. The van der Waals surface area contributed by atoms with Crippen LogP contribution in [0.4, 0.5) is 0 Å². The van der Waals surface area contributed by atoms with E-state index in [-0.39, 0.29) is 11.4 Å². The van der Waals surface area contributed by atoms with Crippen LogP contribution in [0, 0.1) is 11.3 Å². The van der Waals surface area contributed by atoms with Gasteiger partial charge in [0.1, 0.15) is 0 Å². The summed E-state index contributed by atoms with van der Waals surface area (Å²) < 4.78 is 5.20. The highest BCUT2D eigenvalue weighted by Gasteiger charge is 2.65. The molecule has 1 aromatic rings. The average molecular weight is 245 g/mol. The number of nitrogens with zero attached hydrogens (tertiary/aromatic N) is 1. The first kappa shape index (κ1) is 11.7. The first-order valence-electron chi connectivity index (χ1n) is 6.68. The van der Waals surface area contributed by atoms with Crippen molar-refractivity contribution in [2.45, 2.75) is 19.9 Å². The topological polar surface area (TPSA) is 29.5 Å². The number of likely N-dealkylation sites (tertiary alicyclic amines) is 1. The predicted molar refractivity (Wildman–Crippen MR) is 68.9 cm³/mol. The highest BCUT2D eigenvalue weighted by molar-refractivity contribution is 5.81. The molecule has 1 aromatic carbocycles. The van der Waals surface area contributed by atoms with Crippen LogP contribution < -0.4 is 0 Å². The maximum atomic E-state index is 12.0. The Morgan fingerprint density at radius 3 is 2.94 bits per heavy atom. The second-order valence-electron chi connectivity index (χ2n) is 5.43. The van der Waals surface area contributed by atoms with E-state index in [4.69, 9.17) is 4.74 Å². The molecule has 3 heteroatoms. The van der Waals surface area contributed by atoms with Crippen LogP contribution in [0.5, 0.6) is 0 Å². The molecule has 18 heavy (non-hydrogen) atoms. The summed E-state index contributed by atoms with van der Waals surface area (Å²) in [5, 5.41) is 0. The molecule has 96 valence electrons. The molecule has 0 amide bonds. The van der Waals surface area contributed by atoms with E-state index < -0.39 is 0 Å². The normalized spacial score (nSPS) is 29.9. The minimum atomic E-state index is -0.162. The Hall–Kier alpha value is -1.35. The Morgan fingerprint density at radius 2 is 2.22 bits per heavy atom. The van der Waals surface area contributed by atoms with Crippen molar-refractivity contribution in [2.24, 2.45) is 11.3 Å². The fourth-order valence-corrected chi connectivity index (χ4v) is 3.14. The van der Waals surface area contributed by atoms with Gasteiger partial charge in [-0.1, -0.05) is 30.3 Å². The molecule has 2 fully saturated rings. The first-order valence-corrected chi connectivity index (χ1v) is 6.68. The van der Waals surface area contributed by atoms with E-state index >= 15 is 0 Å². The maximum absolute atomic E-state index is 12.0. The van der Waals surface area contributed by atoms with Crippen molar-refractivity contribution in [1.82, 2.24) is 4.90 Å². The van der Waals surface area contributed by atoms with Crippen molar-refractivity contribution < 1.29 is 9.53 Å². The molecule has 0 aromatic heterocycles. The zero-order valence-electron chi connectivity index (χ0n) is 10.8. The van der Waals surface area contributed by atoms with E-state index in [1.165, 1.54) is 5.56 Å². The average Bonchev–Trinajstić information content (AvgIpc) is 2.95. The molecule has 0 radical (unpaired) electrons. The van der Waals surface area contributed by atoms with Crippen molar-refractivity contribution in [1.29, 1.82) is 0 Å². The van der Waals surface area contributed by atoms with Crippen LogP contribution in [0.3, 0.4) is 0 Å². The number of fused-ring (bicyclic) bond motifs is 1. The lowest BCUT2D eigenvalue weighted by atomic mass is 10.1. The molecule has 1 saturated heterocycles. The number of carbonyl (C=O) groups excluding carboxylic acids is 1. The molecule has 1 saturated carbocycles. The molecule has 3 rings (SSSR count). The molecular formula is C15H19NO2. The largest absolute Gasteiger partial charge is 0.466 e. The Labute approximate surface area is 108 Å². The lowest BCUT2D eigenvalue weighted by Gasteiger charge is -2.19. The number of ether oxygens (including phenoxy) is 1. The predicted octanol–water partition coefficient (Wildman–Crippen LogP) is 2.07. The third-order valence-electron chi connectivity index (χ3n) is 4.15. The van der Waals surface area contributed by atoms with Crippen molar-refractivity contribution in [2.75, 3.05) is 19.7 Å². The summed E-state index contributed by atoms with van der Waals surface area (Å²) in [5.41, 5.74) is 1.16. The molecule has 1 aliphatic heterocycles. The smallest absolute Gasteiger partial charge is 0.313 e. The molecule has 2 atom stereocenters. The van der Waals surface area contributed by atoms with Crippen LogP contribution in [-0.2, 0) is 16.1 Å². The standard InChI is InChI=1S/C15H19NO2/c1-2-18-14(17)15-8-13(15)10-16(11-15)9-12-6-4-3-5-7-12/h3-7,13H,2,8-11H2,1H3. The van der Waals surface area contributed by atoms with Gasteiger partial charge in [0.25, 0.3) is 0 Å². The molecule has 3 nitrogen and oxygen atoms in total. The van der Waals surface area contributed by atoms with Crippen LogP contribution in [-0.4, -0.2) is 30.6 Å². The third kappa shape index (κ3) is 1.93. The number of benzene rings is 1. The van der Waals surface area contributed by atoms with Gasteiger partial charge in [0.05, 0.1) is 12.0 Å². The van der Waals surface area contributed by atoms with Gasteiger partial charge in [0, 0.05) is 19.6 Å². The minimum absolute atomic E-state index is 0.0190. The first-order chi connectivity index (χ1) is 8.74. The van der Waals surface area contributed by atoms with Gasteiger partial charge in [0.2, 0.25) is 0 Å². The fourth-order valence-electron chi connectivity index (χ4n) is 3.14. The van der Waals surface area contributed by atoms with Gasteiger partial charge in [-0.3, -0.25) is 9.69 Å². The molecule has 1 heterocycles. The Bertz CT molecular complexity index is 445. The number of piperidine rings is 1. The van der Waals surface area contributed by atoms with E-state index in [1.807, 2.05) is 13.0 Å². The van der Waals surface area contributed by atoms with Crippen molar-refractivity contribution in [3.05, 3.63) is 35.9 Å². The summed E-state index contributed by atoms with van der Waals surface area (Å²) in [7, 11) is 0. The zero-order chi connectivity index (χ0) is 12.6. The number of esters is 1. The quantitative estimate of drug-likeness (QED) is 0.761. The summed E-state index contributed by atoms with van der Waals surface area (Å²) in [6, 6.07) is 10.4. The summed E-state index contributed by atoms with van der Waals surface area (Å²) >= 11 is 0.